The zero-order chi connectivity index (χ0) is 16.5. The predicted molar refractivity (Wildman–Crippen MR) is 90.4 cm³/mol. The van der Waals surface area contributed by atoms with Gasteiger partial charge in [0.25, 0.3) is 0 Å². The van der Waals surface area contributed by atoms with Crippen LogP contribution >= 0.6 is 0 Å². The number of piperazine rings is 1. The van der Waals surface area contributed by atoms with E-state index in [9.17, 15) is 0 Å². The second kappa shape index (κ2) is 9.52. The Balaban J connectivity index is 1.66. The fourth-order valence-corrected chi connectivity index (χ4v) is 2.59. The Morgan fingerprint density at radius 3 is 2.78 bits per heavy atom. The molecule has 1 saturated heterocycles. The van der Waals surface area contributed by atoms with Gasteiger partial charge >= 0.3 is 0 Å². The van der Waals surface area contributed by atoms with Crippen molar-refractivity contribution < 1.29 is 9.26 Å². The summed E-state index contributed by atoms with van der Waals surface area (Å²) in [5, 5.41) is 7.40. The zero-order valence-corrected chi connectivity index (χ0v) is 14.5. The molecule has 0 saturated carbocycles. The molecule has 0 unspecified atom stereocenters. The van der Waals surface area contributed by atoms with E-state index in [-0.39, 0.29) is 0 Å². The molecule has 23 heavy (non-hydrogen) atoms. The highest BCUT2D eigenvalue weighted by Gasteiger charge is 2.19. The van der Waals surface area contributed by atoms with Gasteiger partial charge in [0.15, 0.2) is 5.96 Å². The first kappa shape index (κ1) is 17.7. The lowest BCUT2D eigenvalue weighted by Gasteiger charge is -2.36. The quantitative estimate of drug-likeness (QED) is 0.462. The molecule has 130 valence electrons. The Morgan fingerprint density at radius 2 is 2.17 bits per heavy atom. The van der Waals surface area contributed by atoms with Crippen LogP contribution in [0, 0.1) is 0 Å². The molecule has 0 atom stereocenters. The number of hydrogen-bond donors (Lipinski definition) is 1. The minimum absolute atomic E-state index is 0.298. The predicted octanol–water partition coefficient (Wildman–Crippen LogP) is 1.18. The van der Waals surface area contributed by atoms with Crippen LogP contribution in [0.15, 0.2) is 21.8 Å². The number of rotatable bonds is 7. The normalized spacial score (nSPS) is 17.0. The number of guanidine groups is 1. The summed E-state index contributed by atoms with van der Waals surface area (Å²) in [7, 11) is 1.84. The maximum absolute atomic E-state index is 5.55. The minimum Gasteiger partial charge on any atom is -0.379 e. The summed E-state index contributed by atoms with van der Waals surface area (Å²) in [6.45, 7) is 10.6. The third kappa shape index (κ3) is 6.19. The molecule has 0 bridgehead atoms. The highest BCUT2D eigenvalue weighted by molar-refractivity contribution is 5.79. The van der Waals surface area contributed by atoms with Crippen molar-refractivity contribution in [1.82, 2.24) is 20.3 Å². The summed E-state index contributed by atoms with van der Waals surface area (Å²) in [5.41, 5.74) is 0.992. The second-order valence-corrected chi connectivity index (χ2v) is 6.00. The van der Waals surface area contributed by atoms with Crippen molar-refractivity contribution in [3.05, 3.63) is 18.0 Å². The summed E-state index contributed by atoms with van der Waals surface area (Å²) < 4.78 is 10.4. The maximum Gasteiger partial charge on any atom is 0.193 e. The lowest BCUT2D eigenvalue weighted by Crippen LogP contribution is -2.52. The van der Waals surface area contributed by atoms with Crippen molar-refractivity contribution in [2.45, 2.75) is 32.9 Å². The third-order valence-corrected chi connectivity index (χ3v) is 3.82. The lowest BCUT2D eigenvalue weighted by molar-refractivity contribution is 0.0775. The van der Waals surface area contributed by atoms with Crippen LogP contribution in [0.25, 0.3) is 0 Å². The van der Waals surface area contributed by atoms with E-state index in [1.165, 1.54) is 0 Å². The number of nitrogens with one attached hydrogen (secondary N) is 1. The van der Waals surface area contributed by atoms with Crippen molar-refractivity contribution in [3.8, 4) is 0 Å². The monoisotopic (exact) mass is 323 g/mol. The molecule has 0 radical (unpaired) electrons. The van der Waals surface area contributed by atoms with Gasteiger partial charge in [0.1, 0.15) is 6.26 Å². The molecule has 1 aliphatic heterocycles. The van der Waals surface area contributed by atoms with E-state index in [0.717, 1.165) is 63.9 Å². The molecule has 7 heteroatoms. The molecule has 0 amide bonds. The molecule has 1 aliphatic rings. The molecule has 1 aromatic rings. The average Bonchev–Trinajstić information content (AvgIpc) is 3.05. The smallest absolute Gasteiger partial charge is 0.193 e. The molecule has 0 aromatic carbocycles. The largest absolute Gasteiger partial charge is 0.379 e. The van der Waals surface area contributed by atoms with Gasteiger partial charge in [-0.2, -0.15) is 0 Å². The first-order chi connectivity index (χ1) is 11.2. The first-order valence-electron chi connectivity index (χ1n) is 8.38. The van der Waals surface area contributed by atoms with Crippen LogP contribution in [0.4, 0.5) is 0 Å². The van der Waals surface area contributed by atoms with Crippen molar-refractivity contribution >= 4 is 5.96 Å². The fourth-order valence-electron chi connectivity index (χ4n) is 2.59. The van der Waals surface area contributed by atoms with Gasteiger partial charge in [-0.3, -0.25) is 9.89 Å². The van der Waals surface area contributed by atoms with Crippen LogP contribution in [-0.2, 0) is 11.3 Å². The molecule has 1 fully saturated rings. The Morgan fingerprint density at radius 1 is 1.39 bits per heavy atom. The molecule has 1 aromatic heterocycles. The van der Waals surface area contributed by atoms with Crippen LogP contribution in [0.3, 0.4) is 0 Å². The maximum atomic E-state index is 5.55. The summed E-state index contributed by atoms with van der Waals surface area (Å²) in [6.07, 6.45) is 2.91. The molecular weight excluding hydrogens is 294 g/mol. The molecule has 2 rings (SSSR count). The summed E-state index contributed by atoms with van der Waals surface area (Å²) >= 11 is 0. The summed E-state index contributed by atoms with van der Waals surface area (Å²) in [6, 6.07) is 1.92. The van der Waals surface area contributed by atoms with E-state index < -0.39 is 0 Å². The topological polar surface area (TPSA) is 66.1 Å². The van der Waals surface area contributed by atoms with Crippen molar-refractivity contribution in [2.24, 2.45) is 4.99 Å². The minimum atomic E-state index is 0.298. The standard InChI is InChI=1S/C16H29N5O2/c1-14(2)22-11-4-6-18-16(17-3)21-9-7-20(8-10-21)13-15-5-12-23-19-15/h5,12,14H,4,6-11,13H2,1-3H3,(H,17,18). The van der Waals surface area contributed by atoms with E-state index in [0.29, 0.717) is 6.10 Å². The zero-order valence-electron chi connectivity index (χ0n) is 14.5. The van der Waals surface area contributed by atoms with Crippen LogP contribution in [0.1, 0.15) is 26.0 Å². The fraction of sp³-hybridized carbons (Fsp3) is 0.750. The van der Waals surface area contributed by atoms with E-state index in [2.05, 4.69) is 39.1 Å². The molecule has 7 nitrogen and oxygen atoms in total. The number of ether oxygens (including phenoxy) is 1. The highest BCUT2D eigenvalue weighted by Crippen LogP contribution is 2.07. The lowest BCUT2D eigenvalue weighted by atomic mass is 10.3. The summed E-state index contributed by atoms with van der Waals surface area (Å²) in [4.78, 5) is 9.09. The van der Waals surface area contributed by atoms with Gasteiger partial charge in [-0.25, -0.2) is 0 Å². The van der Waals surface area contributed by atoms with Crippen molar-refractivity contribution in [1.29, 1.82) is 0 Å². The van der Waals surface area contributed by atoms with Crippen LogP contribution < -0.4 is 5.32 Å². The van der Waals surface area contributed by atoms with Crippen molar-refractivity contribution in [2.75, 3.05) is 46.4 Å². The highest BCUT2D eigenvalue weighted by atomic mass is 16.5. The Labute approximate surface area is 138 Å². The SMILES string of the molecule is CN=C(NCCCOC(C)C)N1CCN(Cc2ccon2)CC1. The van der Waals surface area contributed by atoms with Gasteiger partial charge in [0, 0.05) is 59.0 Å². The number of aliphatic imine (C=N–C) groups is 1. The van der Waals surface area contributed by atoms with Crippen LogP contribution in [0.2, 0.25) is 0 Å². The van der Waals surface area contributed by atoms with Crippen molar-refractivity contribution in [3.63, 3.8) is 0 Å². The molecule has 0 spiro atoms. The van der Waals surface area contributed by atoms with Crippen LogP contribution in [-0.4, -0.2) is 73.4 Å². The van der Waals surface area contributed by atoms with Gasteiger partial charge in [-0.15, -0.1) is 0 Å². The molecular formula is C16H29N5O2. The Kier molecular flexibility index (Phi) is 7.35. The van der Waals surface area contributed by atoms with E-state index in [1.807, 2.05) is 13.1 Å². The summed E-state index contributed by atoms with van der Waals surface area (Å²) in [5.74, 6) is 0.982. The van der Waals surface area contributed by atoms with E-state index in [1.54, 1.807) is 6.26 Å². The molecule has 1 N–H and O–H groups in total. The average molecular weight is 323 g/mol. The van der Waals surface area contributed by atoms with Gasteiger partial charge in [-0.05, 0) is 20.3 Å². The molecule has 0 aliphatic carbocycles. The second-order valence-electron chi connectivity index (χ2n) is 6.00. The number of nitrogens with zero attached hydrogens (tertiary/aromatic N) is 4. The number of aromatic nitrogens is 1. The van der Waals surface area contributed by atoms with E-state index in [4.69, 9.17) is 9.26 Å². The Hall–Kier alpha value is -1.60. The Bertz CT molecular complexity index is 453. The number of hydrogen-bond acceptors (Lipinski definition) is 5. The van der Waals surface area contributed by atoms with Crippen LogP contribution in [0.5, 0.6) is 0 Å². The van der Waals surface area contributed by atoms with Gasteiger partial charge in [0.05, 0.1) is 11.8 Å². The van der Waals surface area contributed by atoms with E-state index >= 15 is 0 Å². The first-order valence-corrected chi connectivity index (χ1v) is 8.38. The van der Waals surface area contributed by atoms with Gasteiger partial charge < -0.3 is 19.5 Å². The third-order valence-electron chi connectivity index (χ3n) is 3.82. The van der Waals surface area contributed by atoms with Gasteiger partial charge in [-0.1, -0.05) is 5.16 Å². The van der Waals surface area contributed by atoms with Gasteiger partial charge in [0.2, 0.25) is 0 Å². The molecule has 2 heterocycles.